The second kappa shape index (κ2) is 4.32. The van der Waals surface area contributed by atoms with Crippen molar-refractivity contribution in [1.82, 2.24) is 0 Å². The highest BCUT2D eigenvalue weighted by Crippen LogP contribution is 2.19. The van der Waals surface area contributed by atoms with Crippen LogP contribution in [0.4, 0.5) is 5.69 Å². The number of hydrogen-bond acceptors (Lipinski definition) is 2. The van der Waals surface area contributed by atoms with E-state index in [1.165, 1.54) is 0 Å². The van der Waals surface area contributed by atoms with Crippen molar-refractivity contribution in [2.45, 2.75) is 32.4 Å². The lowest BCUT2D eigenvalue weighted by Crippen LogP contribution is -2.39. The highest BCUT2D eigenvalue weighted by atomic mass is 79.9. The van der Waals surface area contributed by atoms with Gasteiger partial charge >= 0.3 is 0 Å². The lowest BCUT2D eigenvalue weighted by atomic mass is 10.0. The van der Waals surface area contributed by atoms with Crippen LogP contribution in [0.3, 0.4) is 0 Å². The molecule has 0 saturated carbocycles. The van der Waals surface area contributed by atoms with E-state index in [1.54, 1.807) is 13.8 Å². The molecule has 0 heterocycles. The molecule has 0 amide bonds. The Morgan fingerprint density at radius 3 is 2.57 bits per heavy atom. The topological polar surface area (TPSA) is 32.3 Å². The second-order valence-corrected chi connectivity index (χ2v) is 4.95. The van der Waals surface area contributed by atoms with E-state index < -0.39 is 5.60 Å². The Labute approximate surface area is 93.5 Å². The van der Waals surface area contributed by atoms with Gasteiger partial charge in [-0.05, 0) is 39.0 Å². The zero-order chi connectivity index (χ0) is 10.8. The highest BCUT2D eigenvalue weighted by Gasteiger charge is 2.21. The molecule has 1 rings (SSSR count). The monoisotopic (exact) mass is 257 g/mol. The molecule has 0 spiro atoms. The lowest BCUT2D eigenvalue weighted by Gasteiger charge is -2.27. The molecule has 0 aliphatic rings. The normalized spacial score (nSPS) is 13.8. The maximum absolute atomic E-state index is 9.74. The van der Waals surface area contributed by atoms with Crippen LogP contribution in [0.2, 0.25) is 0 Å². The molecule has 0 aliphatic heterocycles. The molecule has 1 atom stereocenters. The van der Waals surface area contributed by atoms with Crippen molar-refractivity contribution in [2.75, 3.05) is 5.32 Å². The summed E-state index contributed by atoms with van der Waals surface area (Å²) < 4.78 is 1.03. The molecule has 14 heavy (non-hydrogen) atoms. The summed E-state index contributed by atoms with van der Waals surface area (Å²) in [7, 11) is 0. The smallest absolute Gasteiger partial charge is 0.0789 e. The molecule has 1 unspecified atom stereocenters. The second-order valence-electron chi connectivity index (χ2n) is 4.03. The summed E-state index contributed by atoms with van der Waals surface area (Å²) in [5.41, 5.74) is 0.288. The Balaban J connectivity index is 2.70. The quantitative estimate of drug-likeness (QED) is 0.873. The van der Waals surface area contributed by atoms with E-state index in [0.29, 0.717) is 0 Å². The number of hydrogen-bond donors (Lipinski definition) is 2. The maximum Gasteiger partial charge on any atom is 0.0789 e. The van der Waals surface area contributed by atoms with Gasteiger partial charge in [0.2, 0.25) is 0 Å². The van der Waals surface area contributed by atoms with E-state index in [2.05, 4.69) is 21.2 Å². The minimum absolute atomic E-state index is 0.0109. The van der Waals surface area contributed by atoms with E-state index in [0.717, 1.165) is 10.2 Å². The molecule has 2 nitrogen and oxygen atoms in total. The number of halogens is 1. The van der Waals surface area contributed by atoms with E-state index in [-0.39, 0.29) is 6.04 Å². The molecular weight excluding hydrogens is 242 g/mol. The third-order valence-corrected chi connectivity index (χ3v) is 2.76. The Morgan fingerprint density at radius 1 is 1.43 bits per heavy atom. The van der Waals surface area contributed by atoms with Gasteiger partial charge in [0.1, 0.15) is 0 Å². The van der Waals surface area contributed by atoms with Gasteiger partial charge < -0.3 is 10.4 Å². The van der Waals surface area contributed by atoms with Gasteiger partial charge in [-0.1, -0.05) is 22.0 Å². The van der Waals surface area contributed by atoms with E-state index in [1.807, 2.05) is 31.2 Å². The first-order valence-corrected chi connectivity index (χ1v) is 5.43. The van der Waals surface area contributed by atoms with Crippen molar-refractivity contribution < 1.29 is 5.11 Å². The fraction of sp³-hybridized carbons (Fsp3) is 0.455. The third-order valence-electron chi connectivity index (χ3n) is 2.27. The van der Waals surface area contributed by atoms with Gasteiger partial charge in [0.15, 0.2) is 0 Å². The average molecular weight is 258 g/mol. The number of benzene rings is 1. The molecule has 1 aromatic rings. The largest absolute Gasteiger partial charge is 0.388 e. The molecule has 0 fully saturated rings. The summed E-state index contributed by atoms with van der Waals surface area (Å²) in [4.78, 5) is 0. The zero-order valence-corrected chi connectivity index (χ0v) is 10.3. The summed E-state index contributed by atoms with van der Waals surface area (Å²) in [6.45, 7) is 5.55. The molecule has 1 aromatic carbocycles. The molecule has 0 aliphatic carbocycles. The fourth-order valence-corrected chi connectivity index (χ4v) is 1.40. The van der Waals surface area contributed by atoms with Crippen LogP contribution in [-0.4, -0.2) is 16.7 Å². The predicted octanol–water partition coefficient (Wildman–Crippen LogP) is 3.02. The molecule has 0 radical (unpaired) electrons. The Morgan fingerprint density at radius 2 is 2.07 bits per heavy atom. The van der Waals surface area contributed by atoms with Crippen LogP contribution < -0.4 is 5.32 Å². The minimum atomic E-state index is -0.720. The third kappa shape index (κ3) is 3.31. The van der Waals surface area contributed by atoms with E-state index in [4.69, 9.17) is 0 Å². The van der Waals surface area contributed by atoms with Gasteiger partial charge in [0, 0.05) is 10.2 Å². The van der Waals surface area contributed by atoms with Crippen LogP contribution in [0.15, 0.2) is 28.7 Å². The van der Waals surface area contributed by atoms with Crippen LogP contribution in [0.1, 0.15) is 20.8 Å². The van der Waals surface area contributed by atoms with Crippen LogP contribution in [0.25, 0.3) is 0 Å². The van der Waals surface area contributed by atoms with Crippen molar-refractivity contribution in [1.29, 1.82) is 0 Å². The summed E-state index contributed by atoms with van der Waals surface area (Å²) in [5, 5.41) is 13.0. The van der Waals surface area contributed by atoms with E-state index in [9.17, 15) is 5.11 Å². The first-order valence-electron chi connectivity index (χ1n) is 4.64. The van der Waals surface area contributed by atoms with Crippen LogP contribution in [0.5, 0.6) is 0 Å². The molecule has 0 bridgehead atoms. The minimum Gasteiger partial charge on any atom is -0.388 e. The van der Waals surface area contributed by atoms with Gasteiger partial charge in [-0.25, -0.2) is 0 Å². The molecule has 0 aromatic heterocycles. The first kappa shape index (κ1) is 11.5. The van der Waals surface area contributed by atoms with Crippen molar-refractivity contribution in [2.24, 2.45) is 0 Å². The van der Waals surface area contributed by atoms with Gasteiger partial charge in [-0.2, -0.15) is 0 Å². The van der Waals surface area contributed by atoms with Crippen LogP contribution in [0, 0.1) is 0 Å². The summed E-state index contributed by atoms with van der Waals surface area (Å²) in [6, 6.07) is 7.91. The van der Waals surface area contributed by atoms with E-state index >= 15 is 0 Å². The first-order chi connectivity index (χ1) is 6.39. The van der Waals surface area contributed by atoms with Gasteiger partial charge in [0.05, 0.1) is 11.6 Å². The van der Waals surface area contributed by atoms with Crippen molar-refractivity contribution in [3.05, 3.63) is 28.7 Å². The van der Waals surface area contributed by atoms with Crippen molar-refractivity contribution >= 4 is 21.6 Å². The number of nitrogens with one attached hydrogen (secondary N) is 1. The van der Waals surface area contributed by atoms with Gasteiger partial charge in [-0.15, -0.1) is 0 Å². The number of aliphatic hydroxyl groups is 1. The molecule has 0 saturated heterocycles. The van der Waals surface area contributed by atoms with Crippen molar-refractivity contribution in [3.63, 3.8) is 0 Å². The molecule has 78 valence electrons. The van der Waals surface area contributed by atoms with Crippen molar-refractivity contribution in [3.8, 4) is 0 Å². The lowest BCUT2D eigenvalue weighted by molar-refractivity contribution is 0.0649. The highest BCUT2D eigenvalue weighted by molar-refractivity contribution is 9.10. The Kier molecular flexibility index (Phi) is 3.56. The number of rotatable bonds is 3. The standard InChI is InChI=1S/C11H16BrNO/c1-8(11(2,3)14)13-10-6-4-5-9(12)7-10/h4-8,13-14H,1-3H3. The zero-order valence-electron chi connectivity index (χ0n) is 8.71. The summed E-state index contributed by atoms with van der Waals surface area (Å²) >= 11 is 3.40. The Hall–Kier alpha value is -0.540. The van der Waals surface area contributed by atoms with Crippen LogP contribution in [-0.2, 0) is 0 Å². The molecule has 3 heteroatoms. The van der Waals surface area contributed by atoms with Gasteiger partial charge in [0.25, 0.3) is 0 Å². The predicted molar refractivity (Wildman–Crippen MR) is 63.5 cm³/mol. The summed E-state index contributed by atoms with van der Waals surface area (Å²) in [5.74, 6) is 0. The average Bonchev–Trinajstić information content (AvgIpc) is 2.02. The molecule has 2 N–H and O–H groups in total. The van der Waals surface area contributed by atoms with Crippen LogP contribution >= 0.6 is 15.9 Å². The van der Waals surface area contributed by atoms with Gasteiger partial charge in [-0.3, -0.25) is 0 Å². The maximum atomic E-state index is 9.74. The molecular formula is C11H16BrNO. The SMILES string of the molecule is CC(Nc1cccc(Br)c1)C(C)(C)O. The number of anilines is 1. The fourth-order valence-electron chi connectivity index (χ4n) is 1.00. The Bertz CT molecular complexity index is 306. The summed E-state index contributed by atoms with van der Waals surface area (Å²) in [6.07, 6.45) is 0.